The molecule has 1 aromatic rings. The molecule has 160 valence electrons. The molecular formula is C22H30ClNO5. The number of Topliss-reactive ketones (excluding diaryl/α,β-unsaturated/α-hetero) is 1. The number of hydrogen-bond acceptors (Lipinski definition) is 6. The normalized spacial score (nSPS) is 31.4. The second-order valence-electron chi connectivity index (χ2n) is 9.22. The molecule has 0 radical (unpaired) electrons. The van der Waals surface area contributed by atoms with Gasteiger partial charge in [-0.05, 0) is 5.56 Å². The lowest BCUT2D eigenvalue weighted by atomic mass is 9.89. The molecule has 3 saturated heterocycles. The molecule has 0 saturated carbocycles. The van der Waals surface area contributed by atoms with Crippen molar-refractivity contribution >= 4 is 24.2 Å². The summed E-state index contributed by atoms with van der Waals surface area (Å²) in [6.45, 7) is 5.99. The van der Waals surface area contributed by atoms with Crippen LogP contribution in [0.2, 0.25) is 0 Å². The summed E-state index contributed by atoms with van der Waals surface area (Å²) in [4.78, 5) is 27.5. The Morgan fingerprint density at radius 2 is 1.76 bits per heavy atom. The summed E-state index contributed by atoms with van der Waals surface area (Å²) in [5.74, 6) is -0.819. The Kier molecular flexibility index (Phi) is 6.39. The van der Waals surface area contributed by atoms with Crippen LogP contribution in [-0.2, 0) is 19.1 Å². The number of benzene rings is 1. The van der Waals surface area contributed by atoms with Crippen LogP contribution in [0, 0.1) is 5.41 Å². The van der Waals surface area contributed by atoms with Gasteiger partial charge in [0.05, 0.1) is 13.2 Å². The molecule has 6 nitrogen and oxygen atoms in total. The highest BCUT2D eigenvalue weighted by Gasteiger charge is 2.64. The van der Waals surface area contributed by atoms with E-state index in [0.29, 0.717) is 19.4 Å². The van der Waals surface area contributed by atoms with Crippen LogP contribution in [0.1, 0.15) is 45.1 Å². The van der Waals surface area contributed by atoms with Crippen LogP contribution in [-0.4, -0.2) is 65.3 Å². The highest BCUT2D eigenvalue weighted by Crippen LogP contribution is 2.49. The highest BCUT2D eigenvalue weighted by molar-refractivity contribution is 5.86. The summed E-state index contributed by atoms with van der Waals surface area (Å²) in [7, 11) is 0. The largest absolute Gasteiger partial charge is 0.462 e. The quantitative estimate of drug-likeness (QED) is 0.558. The number of epoxide rings is 1. The van der Waals surface area contributed by atoms with Gasteiger partial charge in [-0.15, -0.1) is 12.4 Å². The molecule has 7 heteroatoms. The van der Waals surface area contributed by atoms with Gasteiger partial charge in [0.25, 0.3) is 0 Å². The highest BCUT2D eigenvalue weighted by atomic mass is 35.5. The minimum absolute atomic E-state index is 0. The van der Waals surface area contributed by atoms with E-state index >= 15 is 0 Å². The summed E-state index contributed by atoms with van der Waals surface area (Å²) < 4.78 is 11.6. The Morgan fingerprint density at radius 3 is 2.28 bits per heavy atom. The van der Waals surface area contributed by atoms with Crippen LogP contribution in [0.5, 0.6) is 0 Å². The van der Waals surface area contributed by atoms with Crippen molar-refractivity contribution < 1.29 is 24.2 Å². The molecule has 2 bridgehead atoms. The first-order valence-electron chi connectivity index (χ1n) is 10.1. The van der Waals surface area contributed by atoms with E-state index in [-0.39, 0.29) is 66.6 Å². The molecule has 0 aromatic heterocycles. The predicted molar refractivity (Wildman–Crippen MR) is 110 cm³/mol. The molecule has 4 rings (SSSR count). The molecule has 3 aliphatic heterocycles. The van der Waals surface area contributed by atoms with Gasteiger partial charge in [-0.1, -0.05) is 51.1 Å². The van der Waals surface area contributed by atoms with Crippen molar-refractivity contribution in [3.8, 4) is 0 Å². The van der Waals surface area contributed by atoms with Crippen molar-refractivity contribution in [1.29, 1.82) is 0 Å². The maximum absolute atomic E-state index is 12.7. The average Bonchev–Trinajstić information content (AvgIpc) is 3.40. The zero-order chi connectivity index (χ0) is 20.1. The van der Waals surface area contributed by atoms with Crippen molar-refractivity contribution in [3.05, 3.63) is 35.9 Å². The van der Waals surface area contributed by atoms with Crippen LogP contribution in [0.3, 0.4) is 0 Å². The number of nitrogens with zero attached hydrogens (tertiary/aromatic N) is 1. The molecule has 29 heavy (non-hydrogen) atoms. The van der Waals surface area contributed by atoms with E-state index in [2.05, 4.69) is 4.90 Å². The third kappa shape index (κ3) is 4.36. The predicted octanol–water partition coefficient (Wildman–Crippen LogP) is 2.33. The third-order valence-corrected chi connectivity index (χ3v) is 6.30. The fourth-order valence-corrected chi connectivity index (χ4v) is 4.53. The minimum Gasteiger partial charge on any atom is -0.462 e. The summed E-state index contributed by atoms with van der Waals surface area (Å²) in [6.07, 6.45) is 1.47. The summed E-state index contributed by atoms with van der Waals surface area (Å²) in [5, 5.41) is 9.70. The molecule has 5 atom stereocenters. The van der Waals surface area contributed by atoms with Crippen LogP contribution in [0.4, 0.5) is 0 Å². The number of aliphatic hydroxyl groups excluding tert-OH is 1. The van der Waals surface area contributed by atoms with Crippen molar-refractivity contribution in [1.82, 2.24) is 4.90 Å². The van der Waals surface area contributed by atoms with Crippen LogP contribution in [0.15, 0.2) is 30.3 Å². The van der Waals surface area contributed by atoms with E-state index in [1.165, 1.54) is 0 Å². The molecule has 1 N–H and O–H groups in total. The van der Waals surface area contributed by atoms with E-state index < -0.39 is 5.92 Å². The number of fused-ring (bicyclic) bond motifs is 5. The number of esters is 1. The Hall–Kier alpha value is -1.47. The fraction of sp³-hybridized carbons (Fsp3) is 0.636. The number of rotatable bonds is 6. The molecule has 1 aromatic carbocycles. The number of aliphatic hydroxyl groups is 1. The second-order valence-corrected chi connectivity index (χ2v) is 9.22. The number of halogens is 1. The molecule has 3 aliphatic rings. The van der Waals surface area contributed by atoms with Gasteiger partial charge in [0.2, 0.25) is 0 Å². The molecule has 3 fully saturated rings. The van der Waals surface area contributed by atoms with Gasteiger partial charge in [0, 0.05) is 30.3 Å². The topological polar surface area (TPSA) is 79.4 Å². The molecular weight excluding hydrogens is 394 g/mol. The van der Waals surface area contributed by atoms with Crippen molar-refractivity contribution in [3.63, 3.8) is 0 Å². The SMILES string of the molecule is CC(C)(C)C(=O)CN1C2CC(OC(=O)C(CO)c3ccccc3)CC1C1OC12.Cl. The van der Waals surface area contributed by atoms with Crippen molar-refractivity contribution in [2.75, 3.05) is 13.2 Å². The maximum atomic E-state index is 12.7. The van der Waals surface area contributed by atoms with Crippen LogP contribution < -0.4 is 0 Å². The molecule has 0 aliphatic carbocycles. The van der Waals surface area contributed by atoms with Gasteiger partial charge < -0.3 is 14.6 Å². The number of ketones is 1. The molecule has 0 spiro atoms. The Morgan fingerprint density at radius 1 is 1.17 bits per heavy atom. The van der Waals surface area contributed by atoms with E-state index in [9.17, 15) is 14.7 Å². The molecule has 3 heterocycles. The van der Waals surface area contributed by atoms with Gasteiger partial charge in [-0.3, -0.25) is 14.5 Å². The van der Waals surface area contributed by atoms with Gasteiger partial charge in [-0.25, -0.2) is 0 Å². The zero-order valence-corrected chi connectivity index (χ0v) is 17.9. The Bertz CT molecular complexity index is 731. The first kappa shape index (κ1) is 22.2. The number of carbonyl (C=O) groups excluding carboxylic acids is 2. The van der Waals surface area contributed by atoms with Gasteiger partial charge in [-0.2, -0.15) is 0 Å². The summed E-state index contributed by atoms with van der Waals surface area (Å²) in [6, 6.07) is 9.48. The lowest BCUT2D eigenvalue weighted by molar-refractivity contribution is -0.157. The first-order chi connectivity index (χ1) is 13.3. The number of carbonyl (C=O) groups is 2. The number of morpholine rings is 1. The number of hydrogen-bond donors (Lipinski definition) is 1. The Balaban J connectivity index is 0.00000240. The van der Waals surface area contributed by atoms with E-state index in [1.54, 1.807) is 0 Å². The number of ether oxygens (including phenoxy) is 2. The smallest absolute Gasteiger partial charge is 0.316 e. The van der Waals surface area contributed by atoms with Gasteiger partial charge in [0.1, 0.15) is 24.2 Å². The van der Waals surface area contributed by atoms with Gasteiger partial charge >= 0.3 is 5.97 Å². The first-order valence-corrected chi connectivity index (χ1v) is 10.1. The lowest BCUT2D eigenvalue weighted by Gasteiger charge is -2.41. The summed E-state index contributed by atoms with van der Waals surface area (Å²) >= 11 is 0. The zero-order valence-electron chi connectivity index (χ0n) is 17.1. The van der Waals surface area contributed by atoms with Crippen LogP contribution >= 0.6 is 12.4 Å². The van der Waals surface area contributed by atoms with Crippen molar-refractivity contribution in [2.45, 2.75) is 69.9 Å². The molecule has 0 amide bonds. The van der Waals surface area contributed by atoms with E-state index in [1.807, 2.05) is 51.1 Å². The molecule has 5 unspecified atom stereocenters. The average molecular weight is 424 g/mol. The maximum Gasteiger partial charge on any atom is 0.316 e. The van der Waals surface area contributed by atoms with Gasteiger partial charge in [0.15, 0.2) is 5.78 Å². The van der Waals surface area contributed by atoms with E-state index in [0.717, 1.165) is 5.56 Å². The standard InChI is InChI=1S/C22H29NO5.ClH/c1-22(2,3)18(25)11-23-16-9-14(10-17(23)20-19(16)28-20)27-21(26)15(12-24)13-7-5-4-6-8-13;/h4-8,14-17,19-20,24H,9-12H2,1-3H3;1H. The lowest BCUT2D eigenvalue weighted by Crippen LogP contribution is -2.53. The monoisotopic (exact) mass is 423 g/mol. The third-order valence-electron chi connectivity index (χ3n) is 6.30. The van der Waals surface area contributed by atoms with E-state index in [4.69, 9.17) is 9.47 Å². The summed E-state index contributed by atoms with van der Waals surface area (Å²) in [5.41, 5.74) is 0.398. The minimum atomic E-state index is -0.662. The van der Waals surface area contributed by atoms with Crippen LogP contribution in [0.25, 0.3) is 0 Å². The van der Waals surface area contributed by atoms with Crippen molar-refractivity contribution in [2.24, 2.45) is 5.41 Å². The number of piperidine rings is 1. The Labute approximate surface area is 178 Å². The fourth-order valence-electron chi connectivity index (χ4n) is 4.53. The second kappa shape index (κ2) is 8.34.